The standard InChI is InChI=1S/C32H36F3N2O2P/c1-21-18-26(39-32(34,35)40)11-13-28(21)30-5-2-4-23-19-24(36)8-12-29(23)31(30)22-6-9-25(10-7-22)38-27-14-17-37(20-27)16-3-15-33/h6-13,18-19,27H,2-5,14-17,20,36,40H2,1H3. The number of aryl methyl sites for hydroxylation is 2. The molecule has 0 amide bonds. The zero-order chi connectivity index (χ0) is 28.3. The van der Waals surface area contributed by atoms with E-state index >= 15 is 0 Å². The second-order valence-electron chi connectivity index (χ2n) is 10.7. The second kappa shape index (κ2) is 12.2. The summed E-state index contributed by atoms with van der Waals surface area (Å²) in [6, 6.07) is 19.4. The summed E-state index contributed by atoms with van der Waals surface area (Å²) in [6.07, 6.45) is 4.26. The molecular formula is C32H36F3N2O2P. The lowest BCUT2D eigenvalue weighted by molar-refractivity contribution is -0.0892. The van der Waals surface area contributed by atoms with Crippen molar-refractivity contribution in [2.45, 2.75) is 51.0 Å². The number of alkyl halides is 3. The lowest BCUT2D eigenvalue weighted by Gasteiger charge is -2.20. The van der Waals surface area contributed by atoms with Crippen molar-refractivity contribution >= 4 is 26.1 Å². The van der Waals surface area contributed by atoms with Gasteiger partial charge in [0.15, 0.2) is 0 Å². The largest absolute Gasteiger partial charge is 0.489 e. The number of anilines is 1. The van der Waals surface area contributed by atoms with E-state index in [9.17, 15) is 13.2 Å². The minimum Gasteiger partial charge on any atom is -0.489 e. The maximum Gasteiger partial charge on any atom is 0.408 e. The van der Waals surface area contributed by atoms with Gasteiger partial charge in [-0.05, 0) is 124 Å². The summed E-state index contributed by atoms with van der Waals surface area (Å²) in [5.74, 6) is -2.39. The molecule has 40 heavy (non-hydrogen) atoms. The maximum atomic E-state index is 13.5. The van der Waals surface area contributed by atoms with Crippen LogP contribution < -0.4 is 15.2 Å². The summed E-state index contributed by atoms with van der Waals surface area (Å²) >= 11 is 0. The highest BCUT2D eigenvalue weighted by Gasteiger charge is 2.26. The molecule has 0 radical (unpaired) electrons. The van der Waals surface area contributed by atoms with Gasteiger partial charge in [0.2, 0.25) is 0 Å². The van der Waals surface area contributed by atoms with Crippen molar-refractivity contribution in [2.24, 2.45) is 0 Å². The number of rotatable bonds is 9. The molecular weight excluding hydrogens is 532 g/mol. The van der Waals surface area contributed by atoms with Crippen LogP contribution in [0.3, 0.4) is 0 Å². The molecule has 4 nitrogen and oxygen atoms in total. The molecule has 5 rings (SSSR count). The van der Waals surface area contributed by atoms with Gasteiger partial charge in [-0.2, -0.15) is 8.78 Å². The predicted octanol–water partition coefficient (Wildman–Crippen LogP) is 7.49. The van der Waals surface area contributed by atoms with Crippen molar-refractivity contribution in [1.29, 1.82) is 0 Å². The van der Waals surface area contributed by atoms with E-state index in [1.807, 2.05) is 31.2 Å². The van der Waals surface area contributed by atoms with E-state index in [2.05, 4.69) is 29.2 Å². The average molecular weight is 569 g/mol. The fourth-order valence-corrected chi connectivity index (χ4v) is 6.01. The number of ether oxygens (including phenoxy) is 2. The number of nitrogens with two attached hydrogens (primary N) is 1. The van der Waals surface area contributed by atoms with Crippen molar-refractivity contribution < 1.29 is 22.6 Å². The smallest absolute Gasteiger partial charge is 0.408 e. The van der Waals surface area contributed by atoms with Crippen LogP contribution in [-0.4, -0.2) is 43.2 Å². The van der Waals surface area contributed by atoms with Crippen LogP contribution in [0, 0.1) is 6.92 Å². The highest BCUT2D eigenvalue weighted by atomic mass is 31.0. The number of likely N-dealkylation sites (tertiary alicyclic amines) is 1. The summed E-state index contributed by atoms with van der Waals surface area (Å²) in [5, 5.41) is 0. The van der Waals surface area contributed by atoms with Gasteiger partial charge in [-0.1, -0.05) is 24.3 Å². The molecule has 2 N–H and O–H groups in total. The second-order valence-corrected chi connectivity index (χ2v) is 11.3. The predicted molar refractivity (Wildman–Crippen MR) is 159 cm³/mol. The van der Waals surface area contributed by atoms with Crippen molar-refractivity contribution in [3.05, 3.63) is 88.5 Å². The lowest BCUT2D eigenvalue weighted by Crippen LogP contribution is -2.26. The first-order valence-electron chi connectivity index (χ1n) is 13.8. The lowest BCUT2D eigenvalue weighted by atomic mass is 9.86. The number of benzene rings is 3. The monoisotopic (exact) mass is 568 g/mol. The van der Waals surface area contributed by atoms with E-state index in [-0.39, 0.29) is 18.5 Å². The Morgan fingerprint density at radius 3 is 2.48 bits per heavy atom. The van der Waals surface area contributed by atoms with E-state index in [4.69, 9.17) is 15.2 Å². The van der Waals surface area contributed by atoms with Crippen LogP contribution in [0.2, 0.25) is 0 Å². The van der Waals surface area contributed by atoms with Crippen LogP contribution in [-0.2, 0) is 6.42 Å². The van der Waals surface area contributed by atoms with Gasteiger partial charge in [0.1, 0.15) is 17.6 Å². The molecule has 212 valence electrons. The number of nitrogen functional groups attached to an aromatic ring is 1. The van der Waals surface area contributed by atoms with Crippen LogP contribution >= 0.6 is 9.24 Å². The third-order valence-electron chi connectivity index (χ3n) is 7.63. The van der Waals surface area contributed by atoms with Gasteiger partial charge in [0.05, 0.1) is 6.67 Å². The maximum absolute atomic E-state index is 13.5. The Morgan fingerprint density at radius 2 is 1.75 bits per heavy atom. The fourth-order valence-electron chi connectivity index (χ4n) is 5.87. The Bertz CT molecular complexity index is 1370. The van der Waals surface area contributed by atoms with E-state index in [1.54, 1.807) is 12.1 Å². The third kappa shape index (κ3) is 6.82. The van der Waals surface area contributed by atoms with Crippen molar-refractivity contribution in [2.75, 3.05) is 32.0 Å². The zero-order valence-electron chi connectivity index (χ0n) is 22.8. The molecule has 2 aliphatic rings. The quantitative estimate of drug-likeness (QED) is 0.215. The highest BCUT2D eigenvalue weighted by molar-refractivity contribution is 7.17. The molecule has 3 aromatic rings. The van der Waals surface area contributed by atoms with Gasteiger partial charge >= 0.3 is 5.85 Å². The molecule has 0 aromatic heterocycles. The van der Waals surface area contributed by atoms with E-state index in [1.165, 1.54) is 14.8 Å². The summed E-state index contributed by atoms with van der Waals surface area (Å²) < 4.78 is 50.5. The SMILES string of the molecule is Cc1cc(OC(F)(F)P)ccc1C1=C(c2ccc(OC3CCN(CCCF)C3)cc2)c2ccc(N)cc2CCC1. The van der Waals surface area contributed by atoms with Crippen LogP contribution in [0.1, 0.15) is 53.5 Å². The Balaban J connectivity index is 1.49. The normalized spacial score (nSPS) is 18.0. The summed E-state index contributed by atoms with van der Waals surface area (Å²) in [7, 11) is 1.41. The molecule has 0 saturated carbocycles. The minimum atomic E-state index is -3.32. The molecule has 2 unspecified atom stereocenters. The van der Waals surface area contributed by atoms with Crippen LogP contribution in [0.25, 0.3) is 11.1 Å². The highest BCUT2D eigenvalue weighted by Crippen LogP contribution is 2.42. The molecule has 1 aliphatic heterocycles. The minimum absolute atomic E-state index is 0.0964. The van der Waals surface area contributed by atoms with E-state index < -0.39 is 5.85 Å². The van der Waals surface area contributed by atoms with E-state index in [0.29, 0.717) is 6.42 Å². The van der Waals surface area contributed by atoms with Gasteiger partial charge in [0.25, 0.3) is 0 Å². The van der Waals surface area contributed by atoms with E-state index in [0.717, 1.165) is 90.2 Å². The first-order chi connectivity index (χ1) is 19.2. The van der Waals surface area contributed by atoms with Crippen LogP contribution in [0.4, 0.5) is 18.9 Å². The number of allylic oxidation sites excluding steroid dienone is 1. The molecule has 1 heterocycles. The molecule has 0 spiro atoms. The summed E-state index contributed by atoms with van der Waals surface area (Å²) in [4.78, 5) is 2.25. The Hall–Kier alpha value is -3.02. The third-order valence-corrected chi connectivity index (χ3v) is 7.75. The topological polar surface area (TPSA) is 47.7 Å². The summed E-state index contributed by atoms with van der Waals surface area (Å²) in [6.45, 7) is 4.15. The Kier molecular flexibility index (Phi) is 8.72. The Labute approximate surface area is 236 Å². The first-order valence-corrected chi connectivity index (χ1v) is 14.4. The van der Waals surface area contributed by atoms with Gasteiger partial charge in [-0.15, -0.1) is 0 Å². The average Bonchev–Trinajstić information content (AvgIpc) is 3.26. The van der Waals surface area contributed by atoms with Gasteiger partial charge in [-0.3, -0.25) is 9.29 Å². The number of halogens is 3. The first kappa shape index (κ1) is 28.5. The molecule has 2 atom stereocenters. The van der Waals surface area contributed by atoms with Gasteiger partial charge in [-0.25, -0.2) is 0 Å². The fraction of sp³-hybridized carbons (Fsp3) is 0.375. The molecule has 0 bridgehead atoms. The zero-order valence-corrected chi connectivity index (χ0v) is 23.9. The number of fused-ring (bicyclic) bond motifs is 1. The van der Waals surface area contributed by atoms with Crippen molar-refractivity contribution in [1.82, 2.24) is 4.90 Å². The van der Waals surface area contributed by atoms with Gasteiger partial charge < -0.3 is 15.2 Å². The summed E-state index contributed by atoms with van der Waals surface area (Å²) in [5.41, 5.74) is 14.4. The molecule has 1 aliphatic carbocycles. The van der Waals surface area contributed by atoms with Crippen LogP contribution in [0.5, 0.6) is 11.5 Å². The van der Waals surface area contributed by atoms with Crippen molar-refractivity contribution in [3.8, 4) is 11.5 Å². The molecule has 8 heteroatoms. The molecule has 1 fully saturated rings. The number of nitrogens with zero attached hydrogens (tertiary/aromatic N) is 1. The number of hydrogen-bond acceptors (Lipinski definition) is 4. The molecule has 3 aromatic carbocycles. The molecule has 1 saturated heterocycles. The number of hydrogen-bond donors (Lipinski definition) is 1. The Morgan fingerprint density at radius 1 is 1.00 bits per heavy atom. The van der Waals surface area contributed by atoms with Gasteiger partial charge in [0, 0.05) is 25.3 Å². The van der Waals surface area contributed by atoms with Crippen molar-refractivity contribution in [3.63, 3.8) is 0 Å². The van der Waals surface area contributed by atoms with Crippen LogP contribution in [0.15, 0.2) is 60.7 Å².